The molecule has 4 heteroatoms. The SMILES string of the molecule is COc1ccc(-c2onc(C)c2C=O)cc1C(C)C. The van der Waals surface area contributed by atoms with Crippen molar-refractivity contribution in [3.8, 4) is 17.1 Å². The molecule has 0 unspecified atom stereocenters. The second-order valence-corrected chi connectivity index (χ2v) is 4.74. The summed E-state index contributed by atoms with van der Waals surface area (Å²) >= 11 is 0. The van der Waals surface area contributed by atoms with E-state index >= 15 is 0 Å². The van der Waals surface area contributed by atoms with Crippen LogP contribution in [0.2, 0.25) is 0 Å². The predicted molar refractivity (Wildman–Crippen MR) is 72.7 cm³/mol. The van der Waals surface area contributed by atoms with Gasteiger partial charge in [0.1, 0.15) is 5.75 Å². The molecule has 1 heterocycles. The number of hydrogen-bond acceptors (Lipinski definition) is 4. The maximum Gasteiger partial charge on any atom is 0.177 e. The zero-order chi connectivity index (χ0) is 14.0. The third-order valence-corrected chi connectivity index (χ3v) is 3.14. The predicted octanol–water partition coefficient (Wildman–Crippen LogP) is 3.59. The van der Waals surface area contributed by atoms with Gasteiger partial charge in [-0.1, -0.05) is 19.0 Å². The molecule has 0 bridgehead atoms. The van der Waals surface area contributed by atoms with Gasteiger partial charge in [0.05, 0.1) is 18.4 Å². The Labute approximate surface area is 112 Å². The number of aldehydes is 1. The van der Waals surface area contributed by atoms with Crippen molar-refractivity contribution in [3.63, 3.8) is 0 Å². The van der Waals surface area contributed by atoms with Gasteiger partial charge < -0.3 is 9.26 Å². The lowest BCUT2D eigenvalue weighted by atomic mass is 9.97. The maximum atomic E-state index is 11.1. The van der Waals surface area contributed by atoms with Crippen molar-refractivity contribution in [3.05, 3.63) is 35.0 Å². The third kappa shape index (κ3) is 2.38. The molecule has 0 spiro atoms. The topological polar surface area (TPSA) is 52.3 Å². The number of ether oxygens (including phenoxy) is 1. The fourth-order valence-electron chi connectivity index (χ4n) is 2.05. The van der Waals surface area contributed by atoms with Gasteiger partial charge in [0.2, 0.25) is 0 Å². The molecule has 0 N–H and O–H groups in total. The first-order chi connectivity index (χ1) is 9.08. The van der Waals surface area contributed by atoms with Gasteiger partial charge in [0, 0.05) is 5.56 Å². The molecule has 0 atom stereocenters. The van der Waals surface area contributed by atoms with Gasteiger partial charge in [-0.25, -0.2) is 0 Å². The summed E-state index contributed by atoms with van der Waals surface area (Å²) in [7, 11) is 1.65. The molecule has 0 aliphatic rings. The number of rotatable bonds is 4. The molecule has 0 aliphatic heterocycles. The van der Waals surface area contributed by atoms with Crippen LogP contribution >= 0.6 is 0 Å². The quantitative estimate of drug-likeness (QED) is 0.787. The first-order valence-corrected chi connectivity index (χ1v) is 6.18. The summed E-state index contributed by atoms with van der Waals surface area (Å²) in [6, 6.07) is 5.74. The van der Waals surface area contributed by atoms with Gasteiger partial charge in [-0.2, -0.15) is 0 Å². The highest BCUT2D eigenvalue weighted by Gasteiger charge is 2.16. The van der Waals surface area contributed by atoms with E-state index in [4.69, 9.17) is 9.26 Å². The molecule has 0 radical (unpaired) electrons. The molecule has 100 valence electrons. The van der Waals surface area contributed by atoms with Crippen molar-refractivity contribution >= 4 is 6.29 Å². The fraction of sp³-hybridized carbons (Fsp3) is 0.333. The third-order valence-electron chi connectivity index (χ3n) is 3.14. The van der Waals surface area contributed by atoms with Gasteiger partial charge in [-0.3, -0.25) is 4.79 Å². The summed E-state index contributed by atoms with van der Waals surface area (Å²) in [5.74, 6) is 1.67. The molecule has 0 saturated heterocycles. The van der Waals surface area contributed by atoms with Crippen LogP contribution in [0.25, 0.3) is 11.3 Å². The molecule has 0 aliphatic carbocycles. The molecule has 2 aromatic rings. The molecular formula is C15H17NO3. The van der Waals surface area contributed by atoms with Gasteiger partial charge in [0.25, 0.3) is 0 Å². The molecule has 1 aromatic carbocycles. The lowest BCUT2D eigenvalue weighted by Crippen LogP contribution is -1.95. The number of methoxy groups -OCH3 is 1. The van der Waals surface area contributed by atoms with E-state index in [1.54, 1.807) is 14.0 Å². The van der Waals surface area contributed by atoms with Gasteiger partial charge in [0.15, 0.2) is 12.0 Å². The minimum atomic E-state index is 0.318. The van der Waals surface area contributed by atoms with E-state index in [1.165, 1.54) is 0 Å². The zero-order valence-electron chi connectivity index (χ0n) is 11.6. The van der Waals surface area contributed by atoms with Crippen molar-refractivity contribution < 1.29 is 14.1 Å². The summed E-state index contributed by atoms with van der Waals surface area (Å²) in [5, 5.41) is 3.84. The number of nitrogens with zero attached hydrogens (tertiary/aromatic N) is 1. The van der Waals surface area contributed by atoms with E-state index in [1.807, 2.05) is 18.2 Å². The van der Waals surface area contributed by atoms with Crippen molar-refractivity contribution in [2.75, 3.05) is 7.11 Å². The van der Waals surface area contributed by atoms with Crippen LogP contribution in [0.4, 0.5) is 0 Å². The monoisotopic (exact) mass is 259 g/mol. The van der Waals surface area contributed by atoms with E-state index < -0.39 is 0 Å². The number of aryl methyl sites for hydroxylation is 1. The summed E-state index contributed by atoms with van der Waals surface area (Å²) in [6.45, 7) is 5.94. The molecule has 0 saturated carbocycles. The van der Waals surface area contributed by atoms with Crippen LogP contribution in [0.1, 0.15) is 41.4 Å². The van der Waals surface area contributed by atoms with Gasteiger partial charge >= 0.3 is 0 Å². The lowest BCUT2D eigenvalue weighted by Gasteiger charge is -2.12. The first-order valence-electron chi connectivity index (χ1n) is 6.18. The van der Waals surface area contributed by atoms with Crippen molar-refractivity contribution in [2.24, 2.45) is 0 Å². The highest BCUT2D eigenvalue weighted by Crippen LogP contribution is 2.33. The summed E-state index contributed by atoms with van der Waals surface area (Å²) in [4.78, 5) is 11.1. The van der Waals surface area contributed by atoms with E-state index in [0.29, 0.717) is 22.9 Å². The average molecular weight is 259 g/mol. The minimum Gasteiger partial charge on any atom is -0.496 e. The maximum absolute atomic E-state index is 11.1. The lowest BCUT2D eigenvalue weighted by molar-refractivity contribution is 0.112. The fourth-order valence-corrected chi connectivity index (χ4v) is 2.05. The molecular weight excluding hydrogens is 242 g/mol. The Morgan fingerprint density at radius 1 is 1.37 bits per heavy atom. The summed E-state index contributed by atoms with van der Waals surface area (Å²) in [6.07, 6.45) is 0.778. The van der Waals surface area contributed by atoms with E-state index in [2.05, 4.69) is 19.0 Å². The second kappa shape index (κ2) is 5.26. The number of benzene rings is 1. The molecule has 19 heavy (non-hydrogen) atoms. The van der Waals surface area contributed by atoms with Gasteiger partial charge in [-0.05, 0) is 36.6 Å². The highest BCUT2D eigenvalue weighted by molar-refractivity contribution is 5.86. The van der Waals surface area contributed by atoms with Crippen molar-refractivity contribution in [1.82, 2.24) is 5.16 Å². The minimum absolute atomic E-state index is 0.318. The molecule has 0 amide bonds. The summed E-state index contributed by atoms with van der Waals surface area (Å²) < 4.78 is 10.6. The van der Waals surface area contributed by atoms with Crippen LogP contribution in [0, 0.1) is 6.92 Å². The Morgan fingerprint density at radius 3 is 2.68 bits per heavy atom. The Morgan fingerprint density at radius 2 is 2.11 bits per heavy atom. The molecule has 2 rings (SSSR count). The Balaban J connectivity index is 2.57. The Bertz CT molecular complexity index is 599. The van der Waals surface area contributed by atoms with E-state index in [-0.39, 0.29) is 0 Å². The average Bonchev–Trinajstić information content (AvgIpc) is 2.78. The van der Waals surface area contributed by atoms with Crippen molar-refractivity contribution in [1.29, 1.82) is 0 Å². The van der Waals surface area contributed by atoms with Crippen LogP contribution in [0.3, 0.4) is 0 Å². The van der Waals surface area contributed by atoms with E-state index in [0.717, 1.165) is 23.2 Å². The van der Waals surface area contributed by atoms with Crippen LogP contribution in [0.5, 0.6) is 5.75 Å². The van der Waals surface area contributed by atoms with Gasteiger partial charge in [-0.15, -0.1) is 0 Å². The van der Waals surface area contributed by atoms with Crippen LogP contribution in [0.15, 0.2) is 22.7 Å². The van der Waals surface area contributed by atoms with Crippen LogP contribution in [-0.4, -0.2) is 18.6 Å². The molecule has 4 nitrogen and oxygen atoms in total. The smallest absolute Gasteiger partial charge is 0.177 e. The zero-order valence-corrected chi connectivity index (χ0v) is 11.6. The van der Waals surface area contributed by atoms with Crippen LogP contribution in [-0.2, 0) is 0 Å². The largest absolute Gasteiger partial charge is 0.496 e. The van der Waals surface area contributed by atoms with Crippen LogP contribution < -0.4 is 4.74 Å². The molecule has 1 aromatic heterocycles. The number of carbonyl (C=O) groups is 1. The number of aromatic nitrogens is 1. The summed E-state index contributed by atoms with van der Waals surface area (Å²) in [5.41, 5.74) is 3.02. The van der Waals surface area contributed by atoms with E-state index in [9.17, 15) is 4.79 Å². The first kappa shape index (κ1) is 13.3. The normalized spacial score (nSPS) is 10.8. The highest BCUT2D eigenvalue weighted by atomic mass is 16.5. The number of hydrogen-bond donors (Lipinski definition) is 0. The standard InChI is InChI=1S/C15H17NO3/c1-9(2)12-7-11(5-6-14(12)18-4)15-13(8-17)10(3)16-19-15/h5-9H,1-4H3. The Kier molecular flexibility index (Phi) is 3.69. The second-order valence-electron chi connectivity index (χ2n) is 4.74. The number of carbonyl (C=O) groups excluding carboxylic acids is 1. The molecule has 0 fully saturated rings. The van der Waals surface area contributed by atoms with Crippen molar-refractivity contribution in [2.45, 2.75) is 26.7 Å². The Hall–Kier alpha value is -2.10.